The zero-order chi connectivity index (χ0) is 12.3. The van der Waals surface area contributed by atoms with Crippen LogP contribution in [0, 0.1) is 11.3 Å². The average molecular weight is 229 g/mol. The van der Waals surface area contributed by atoms with Crippen LogP contribution in [0.15, 0.2) is 29.0 Å². The van der Waals surface area contributed by atoms with Crippen LogP contribution in [0.3, 0.4) is 0 Å². The molecule has 0 bridgehead atoms. The van der Waals surface area contributed by atoms with Gasteiger partial charge >= 0.3 is 0 Å². The Morgan fingerprint density at radius 3 is 3.00 bits per heavy atom. The molecular formula is C13H15N3O. The summed E-state index contributed by atoms with van der Waals surface area (Å²) in [7, 11) is 4.04. The summed E-state index contributed by atoms with van der Waals surface area (Å²) < 4.78 is 5.30. The van der Waals surface area contributed by atoms with Crippen molar-refractivity contribution in [3.05, 3.63) is 30.2 Å². The van der Waals surface area contributed by atoms with E-state index in [4.69, 9.17) is 9.68 Å². The summed E-state index contributed by atoms with van der Waals surface area (Å²) in [5, 5.41) is 8.69. The zero-order valence-corrected chi connectivity index (χ0v) is 10.1. The van der Waals surface area contributed by atoms with Gasteiger partial charge in [0.1, 0.15) is 5.52 Å². The molecule has 0 saturated heterocycles. The van der Waals surface area contributed by atoms with E-state index in [0.29, 0.717) is 6.42 Å². The van der Waals surface area contributed by atoms with E-state index < -0.39 is 0 Å². The minimum Gasteiger partial charge on any atom is -0.443 e. The summed E-state index contributed by atoms with van der Waals surface area (Å²) in [5.41, 5.74) is 2.83. The van der Waals surface area contributed by atoms with E-state index in [1.165, 1.54) is 6.39 Å². The maximum absolute atomic E-state index is 8.69. The first-order valence-corrected chi connectivity index (χ1v) is 5.59. The predicted octanol–water partition coefficient (Wildman–Crippen LogP) is 2.73. The first-order chi connectivity index (χ1) is 8.22. The highest BCUT2D eigenvalue weighted by Crippen LogP contribution is 2.26. The van der Waals surface area contributed by atoms with Gasteiger partial charge in [-0.15, -0.1) is 0 Å². The maximum Gasteiger partial charge on any atom is 0.181 e. The van der Waals surface area contributed by atoms with Crippen LogP contribution in [-0.2, 0) is 0 Å². The fraction of sp³-hybridized carbons (Fsp3) is 0.385. The first-order valence-electron chi connectivity index (χ1n) is 5.59. The number of nitrogens with zero attached hydrogens (tertiary/aromatic N) is 3. The van der Waals surface area contributed by atoms with Gasteiger partial charge in [0.25, 0.3) is 0 Å². The second-order valence-electron chi connectivity index (χ2n) is 4.26. The van der Waals surface area contributed by atoms with Gasteiger partial charge in [0.05, 0.1) is 6.07 Å². The van der Waals surface area contributed by atoms with Crippen LogP contribution in [0.25, 0.3) is 11.1 Å². The Bertz CT molecular complexity index is 539. The van der Waals surface area contributed by atoms with Gasteiger partial charge in [0.15, 0.2) is 12.0 Å². The largest absolute Gasteiger partial charge is 0.443 e. The zero-order valence-electron chi connectivity index (χ0n) is 10.1. The van der Waals surface area contributed by atoms with Crippen LogP contribution in [0.5, 0.6) is 0 Å². The number of benzene rings is 1. The Labute approximate surface area is 100 Å². The molecule has 0 aliphatic rings. The molecule has 0 fully saturated rings. The van der Waals surface area contributed by atoms with Crippen molar-refractivity contribution in [3.8, 4) is 6.07 Å². The van der Waals surface area contributed by atoms with E-state index in [1.54, 1.807) is 0 Å². The second kappa shape index (κ2) is 4.98. The van der Waals surface area contributed by atoms with E-state index in [0.717, 1.165) is 23.1 Å². The van der Waals surface area contributed by atoms with Crippen LogP contribution in [-0.4, -0.2) is 24.0 Å². The molecule has 4 heteroatoms. The smallest absolute Gasteiger partial charge is 0.181 e. The number of hydrogen-bond acceptors (Lipinski definition) is 4. The lowest BCUT2D eigenvalue weighted by molar-refractivity contribution is 0.286. The SMILES string of the molecule is CN(C)C(CCC#N)c1ccc2ncoc2c1. The Morgan fingerprint density at radius 1 is 1.47 bits per heavy atom. The van der Waals surface area contributed by atoms with E-state index in [-0.39, 0.29) is 6.04 Å². The second-order valence-corrected chi connectivity index (χ2v) is 4.26. The standard InChI is InChI=1S/C13H15N3O/c1-16(2)12(4-3-7-14)10-5-6-11-13(8-10)17-9-15-11/h5-6,8-9,12H,3-4H2,1-2H3. The third kappa shape index (κ3) is 2.45. The minimum absolute atomic E-state index is 0.240. The highest BCUT2D eigenvalue weighted by atomic mass is 16.3. The van der Waals surface area contributed by atoms with Crippen LogP contribution in [0.4, 0.5) is 0 Å². The molecule has 2 aromatic rings. The van der Waals surface area contributed by atoms with E-state index >= 15 is 0 Å². The van der Waals surface area contributed by atoms with Crippen molar-refractivity contribution >= 4 is 11.1 Å². The molecule has 0 saturated carbocycles. The average Bonchev–Trinajstić information content (AvgIpc) is 2.76. The number of rotatable bonds is 4. The highest BCUT2D eigenvalue weighted by molar-refractivity contribution is 5.72. The molecule has 17 heavy (non-hydrogen) atoms. The molecule has 1 unspecified atom stereocenters. The Balaban J connectivity index is 2.31. The molecule has 0 N–H and O–H groups in total. The van der Waals surface area contributed by atoms with Crippen molar-refractivity contribution in [1.82, 2.24) is 9.88 Å². The molecule has 88 valence electrons. The van der Waals surface area contributed by atoms with Crippen molar-refractivity contribution in [2.24, 2.45) is 0 Å². The van der Waals surface area contributed by atoms with Gasteiger partial charge in [-0.2, -0.15) is 5.26 Å². The summed E-state index contributed by atoms with van der Waals surface area (Å²) in [6, 6.07) is 8.44. The number of nitriles is 1. The fourth-order valence-corrected chi connectivity index (χ4v) is 2.00. The van der Waals surface area contributed by atoms with E-state index in [2.05, 4.69) is 16.0 Å². The normalized spacial score (nSPS) is 12.8. The monoisotopic (exact) mass is 229 g/mol. The van der Waals surface area contributed by atoms with Crippen molar-refractivity contribution in [2.75, 3.05) is 14.1 Å². The molecule has 0 amide bonds. The van der Waals surface area contributed by atoms with Crippen LogP contribution in [0.2, 0.25) is 0 Å². The van der Waals surface area contributed by atoms with Crippen molar-refractivity contribution < 1.29 is 4.42 Å². The van der Waals surface area contributed by atoms with Crippen molar-refractivity contribution in [1.29, 1.82) is 5.26 Å². The first kappa shape index (κ1) is 11.6. The summed E-state index contributed by atoms with van der Waals surface area (Å²) in [6.45, 7) is 0. The molecule has 0 spiro atoms. The molecule has 4 nitrogen and oxygen atoms in total. The van der Waals surface area contributed by atoms with Gasteiger partial charge in [-0.1, -0.05) is 6.07 Å². The number of aromatic nitrogens is 1. The van der Waals surface area contributed by atoms with Gasteiger partial charge < -0.3 is 9.32 Å². The van der Waals surface area contributed by atoms with Crippen molar-refractivity contribution in [3.63, 3.8) is 0 Å². The van der Waals surface area contributed by atoms with Crippen molar-refractivity contribution in [2.45, 2.75) is 18.9 Å². The Morgan fingerprint density at radius 2 is 2.29 bits per heavy atom. The Hall–Kier alpha value is -1.86. The maximum atomic E-state index is 8.69. The molecular weight excluding hydrogens is 214 g/mol. The molecule has 1 heterocycles. The fourth-order valence-electron chi connectivity index (χ4n) is 2.00. The third-order valence-electron chi connectivity index (χ3n) is 2.89. The summed E-state index contributed by atoms with van der Waals surface area (Å²) in [4.78, 5) is 6.21. The van der Waals surface area contributed by atoms with E-state index in [1.807, 2.05) is 32.3 Å². The van der Waals surface area contributed by atoms with Crippen LogP contribution >= 0.6 is 0 Å². The summed E-state index contributed by atoms with van der Waals surface area (Å²) in [5.74, 6) is 0. The number of oxazole rings is 1. The lowest BCUT2D eigenvalue weighted by Crippen LogP contribution is -2.19. The van der Waals surface area contributed by atoms with Gasteiger partial charge in [-0.05, 0) is 38.2 Å². The summed E-state index contributed by atoms with van der Waals surface area (Å²) in [6.07, 6.45) is 2.83. The third-order valence-corrected chi connectivity index (χ3v) is 2.89. The number of fused-ring (bicyclic) bond motifs is 1. The lowest BCUT2D eigenvalue weighted by atomic mass is 10.0. The topological polar surface area (TPSA) is 53.1 Å². The quantitative estimate of drug-likeness (QED) is 0.808. The van der Waals surface area contributed by atoms with Crippen LogP contribution in [0.1, 0.15) is 24.4 Å². The van der Waals surface area contributed by atoms with Gasteiger partial charge in [0, 0.05) is 12.5 Å². The molecule has 1 aromatic heterocycles. The van der Waals surface area contributed by atoms with Gasteiger partial charge in [-0.25, -0.2) is 4.98 Å². The summed E-state index contributed by atoms with van der Waals surface area (Å²) >= 11 is 0. The number of hydrogen-bond donors (Lipinski definition) is 0. The van der Waals surface area contributed by atoms with Crippen LogP contribution < -0.4 is 0 Å². The Kier molecular flexibility index (Phi) is 3.40. The van der Waals surface area contributed by atoms with Gasteiger partial charge in [-0.3, -0.25) is 0 Å². The molecule has 1 aromatic carbocycles. The minimum atomic E-state index is 0.240. The molecule has 0 radical (unpaired) electrons. The van der Waals surface area contributed by atoms with Gasteiger partial charge in [0.2, 0.25) is 0 Å². The predicted molar refractivity (Wildman–Crippen MR) is 65.3 cm³/mol. The molecule has 2 rings (SSSR count). The lowest BCUT2D eigenvalue weighted by Gasteiger charge is -2.23. The van der Waals surface area contributed by atoms with E-state index in [9.17, 15) is 0 Å². The molecule has 0 aliphatic carbocycles. The molecule has 1 atom stereocenters. The molecule has 0 aliphatic heterocycles. The highest BCUT2D eigenvalue weighted by Gasteiger charge is 2.14.